The molecule has 4 rings (SSSR count). The number of nitrogens with one attached hydrogen (secondary N) is 2. The van der Waals surface area contributed by atoms with Crippen molar-refractivity contribution in [1.29, 1.82) is 0 Å². The van der Waals surface area contributed by atoms with Gasteiger partial charge >= 0.3 is 0 Å². The Morgan fingerprint density at radius 2 is 1.57 bits per heavy atom. The molecule has 1 heterocycles. The molecule has 0 saturated carbocycles. The van der Waals surface area contributed by atoms with Gasteiger partial charge in [0.05, 0.1) is 11.1 Å². The van der Waals surface area contributed by atoms with Gasteiger partial charge in [0.1, 0.15) is 5.75 Å². The van der Waals surface area contributed by atoms with Crippen LogP contribution in [0.2, 0.25) is 0 Å². The van der Waals surface area contributed by atoms with Gasteiger partial charge in [0.15, 0.2) is 5.11 Å². The van der Waals surface area contributed by atoms with E-state index in [-0.39, 0.29) is 16.9 Å². The summed E-state index contributed by atoms with van der Waals surface area (Å²) in [6, 6.07) is 22.5. The smallest absolute Gasteiger partial charge is 0.257 e. The van der Waals surface area contributed by atoms with Gasteiger partial charge in [-0.05, 0) is 89.0 Å². The fourth-order valence-electron chi connectivity index (χ4n) is 4.17. The molecule has 8 heteroatoms. The van der Waals surface area contributed by atoms with E-state index in [0.717, 1.165) is 32.4 Å². The Balaban J connectivity index is 1.27. The maximum absolute atomic E-state index is 12.8. The van der Waals surface area contributed by atoms with Crippen LogP contribution in [0.15, 0.2) is 77.3 Å². The first-order valence-electron chi connectivity index (χ1n) is 12.5. The molecule has 0 atom stereocenters. The average molecular weight is 581 g/mol. The van der Waals surface area contributed by atoms with Gasteiger partial charge in [-0.3, -0.25) is 14.9 Å². The lowest BCUT2D eigenvalue weighted by atomic mass is 10.1. The number of halogens is 1. The Bertz CT molecular complexity index is 1230. The van der Waals surface area contributed by atoms with E-state index in [9.17, 15) is 9.59 Å². The molecule has 3 aromatic rings. The van der Waals surface area contributed by atoms with Crippen LogP contribution in [0, 0.1) is 0 Å². The minimum absolute atomic E-state index is 0.0578. The molecule has 0 aromatic heterocycles. The third kappa shape index (κ3) is 7.87. The molecule has 1 aliphatic rings. The van der Waals surface area contributed by atoms with Crippen molar-refractivity contribution in [2.75, 3.05) is 25.0 Å². The number of carbonyl (C=O) groups is 2. The van der Waals surface area contributed by atoms with Crippen LogP contribution in [-0.4, -0.2) is 41.5 Å². The molecule has 1 aliphatic heterocycles. The maximum atomic E-state index is 12.8. The molecule has 0 spiro atoms. The minimum atomic E-state index is -0.331. The quantitative estimate of drug-likeness (QED) is 0.325. The Morgan fingerprint density at radius 1 is 0.892 bits per heavy atom. The van der Waals surface area contributed by atoms with E-state index < -0.39 is 0 Å². The lowest BCUT2D eigenvalue weighted by molar-refractivity contribution is 0.0761. The minimum Gasteiger partial charge on any atom is -0.492 e. The second-order valence-electron chi connectivity index (χ2n) is 8.92. The number of likely N-dealkylation sites (tertiary alicyclic amines) is 1. The van der Waals surface area contributed by atoms with Gasteiger partial charge in [0, 0.05) is 36.3 Å². The fraction of sp³-hybridized carbons (Fsp3) is 0.276. The highest BCUT2D eigenvalue weighted by atomic mass is 79.9. The van der Waals surface area contributed by atoms with E-state index in [1.165, 1.54) is 18.4 Å². The Morgan fingerprint density at radius 3 is 2.24 bits per heavy atom. The molecule has 1 saturated heterocycles. The van der Waals surface area contributed by atoms with Gasteiger partial charge in [-0.25, -0.2) is 0 Å². The molecule has 3 aromatic carbocycles. The highest BCUT2D eigenvalue weighted by molar-refractivity contribution is 9.10. The first-order chi connectivity index (χ1) is 18.0. The molecular formula is C29H30BrN3O3S. The van der Waals surface area contributed by atoms with Crippen LogP contribution in [-0.2, 0) is 6.42 Å². The summed E-state index contributed by atoms with van der Waals surface area (Å²) in [4.78, 5) is 27.4. The largest absolute Gasteiger partial charge is 0.492 e. The highest BCUT2D eigenvalue weighted by Gasteiger charge is 2.17. The van der Waals surface area contributed by atoms with Crippen molar-refractivity contribution in [2.24, 2.45) is 0 Å². The summed E-state index contributed by atoms with van der Waals surface area (Å²) in [7, 11) is 0. The topological polar surface area (TPSA) is 70.7 Å². The normalized spacial score (nSPS) is 13.4. The fourth-order valence-corrected chi connectivity index (χ4v) is 4.88. The van der Waals surface area contributed by atoms with Crippen LogP contribution in [0.3, 0.4) is 0 Å². The van der Waals surface area contributed by atoms with Crippen molar-refractivity contribution < 1.29 is 14.3 Å². The third-order valence-corrected chi connectivity index (χ3v) is 7.02. The number of thiocarbonyl (C=S) groups is 1. The third-order valence-electron chi connectivity index (χ3n) is 6.20. The van der Waals surface area contributed by atoms with Crippen LogP contribution in [0.1, 0.15) is 52.0 Å². The first kappa shape index (κ1) is 26.8. The Kier molecular flexibility index (Phi) is 9.68. The van der Waals surface area contributed by atoms with E-state index in [2.05, 4.69) is 38.7 Å². The van der Waals surface area contributed by atoms with Gasteiger partial charge < -0.3 is 15.0 Å². The highest BCUT2D eigenvalue weighted by Crippen LogP contribution is 2.26. The molecule has 37 heavy (non-hydrogen) atoms. The Labute approximate surface area is 231 Å². The van der Waals surface area contributed by atoms with Gasteiger partial charge in [-0.1, -0.05) is 43.2 Å². The Hall–Kier alpha value is -3.23. The van der Waals surface area contributed by atoms with Gasteiger partial charge in [-0.2, -0.15) is 0 Å². The number of ether oxygens (including phenoxy) is 1. The average Bonchev–Trinajstić information content (AvgIpc) is 3.20. The van der Waals surface area contributed by atoms with E-state index in [0.29, 0.717) is 33.6 Å². The monoisotopic (exact) mass is 579 g/mol. The van der Waals surface area contributed by atoms with Gasteiger partial charge in [0.2, 0.25) is 0 Å². The summed E-state index contributed by atoms with van der Waals surface area (Å²) in [6.45, 7) is 2.16. The predicted octanol–water partition coefficient (Wildman–Crippen LogP) is 6.21. The summed E-state index contributed by atoms with van der Waals surface area (Å²) >= 11 is 8.81. The number of anilines is 1. The van der Waals surface area contributed by atoms with E-state index >= 15 is 0 Å². The molecule has 192 valence electrons. The van der Waals surface area contributed by atoms with Crippen molar-refractivity contribution in [2.45, 2.75) is 32.1 Å². The van der Waals surface area contributed by atoms with Crippen molar-refractivity contribution in [3.05, 3.63) is 94.0 Å². The lowest BCUT2D eigenvalue weighted by Crippen LogP contribution is -2.34. The van der Waals surface area contributed by atoms with Gasteiger partial charge in [-0.15, -0.1) is 0 Å². The number of nitrogens with zero attached hydrogens (tertiary/aromatic N) is 1. The molecule has 1 fully saturated rings. The number of rotatable bonds is 7. The predicted molar refractivity (Wildman–Crippen MR) is 154 cm³/mol. The SMILES string of the molecule is O=C(NC(=S)Nc1ccc(C(=O)N2CCCCCC2)cc1)c1ccc(OCCc2ccccc2)c(Br)c1. The molecular weight excluding hydrogens is 550 g/mol. The van der Waals surface area contributed by atoms with Crippen molar-refractivity contribution in [3.8, 4) is 5.75 Å². The summed E-state index contributed by atoms with van der Waals surface area (Å²) in [6.07, 6.45) is 5.27. The number of hydrogen-bond donors (Lipinski definition) is 2. The second-order valence-corrected chi connectivity index (χ2v) is 10.2. The number of amides is 2. The summed E-state index contributed by atoms with van der Waals surface area (Å²) in [5, 5.41) is 5.88. The van der Waals surface area contributed by atoms with Crippen LogP contribution in [0.4, 0.5) is 5.69 Å². The van der Waals surface area contributed by atoms with Gasteiger partial charge in [0.25, 0.3) is 11.8 Å². The lowest BCUT2D eigenvalue weighted by Gasteiger charge is -2.20. The summed E-state index contributed by atoms with van der Waals surface area (Å²) in [5.41, 5.74) is 3.00. The zero-order valence-corrected chi connectivity index (χ0v) is 22.9. The summed E-state index contributed by atoms with van der Waals surface area (Å²) < 4.78 is 6.55. The molecule has 2 amide bonds. The van der Waals surface area contributed by atoms with Crippen LogP contribution < -0.4 is 15.4 Å². The zero-order valence-electron chi connectivity index (χ0n) is 20.5. The second kappa shape index (κ2) is 13.4. The van der Waals surface area contributed by atoms with Crippen molar-refractivity contribution in [1.82, 2.24) is 10.2 Å². The van der Waals surface area contributed by atoms with Crippen molar-refractivity contribution >= 4 is 50.8 Å². The molecule has 0 radical (unpaired) electrons. The van der Waals surface area contributed by atoms with E-state index in [1.807, 2.05) is 23.1 Å². The molecule has 0 bridgehead atoms. The molecule has 2 N–H and O–H groups in total. The van der Waals surface area contributed by atoms with E-state index in [1.54, 1.807) is 42.5 Å². The van der Waals surface area contributed by atoms with Crippen LogP contribution in [0.25, 0.3) is 0 Å². The molecule has 0 aliphatic carbocycles. The van der Waals surface area contributed by atoms with E-state index in [4.69, 9.17) is 17.0 Å². The molecule has 0 unspecified atom stereocenters. The number of hydrogen-bond acceptors (Lipinski definition) is 4. The molecule has 6 nitrogen and oxygen atoms in total. The van der Waals surface area contributed by atoms with Crippen LogP contribution in [0.5, 0.6) is 5.75 Å². The maximum Gasteiger partial charge on any atom is 0.257 e. The van der Waals surface area contributed by atoms with Crippen molar-refractivity contribution in [3.63, 3.8) is 0 Å². The number of carbonyl (C=O) groups excluding carboxylic acids is 2. The standard InChI is InChI=1S/C29H30BrN3O3S/c30-25-20-23(12-15-26(25)36-19-16-21-8-4-3-5-9-21)27(34)32-29(37)31-24-13-10-22(11-14-24)28(35)33-17-6-1-2-7-18-33/h3-5,8-15,20H,1-2,6-7,16-19H2,(H2,31,32,34,37). The number of benzene rings is 3. The zero-order chi connectivity index (χ0) is 26.0. The van der Waals surface area contributed by atoms with Crippen LogP contribution >= 0.6 is 28.1 Å². The summed E-state index contributed by atoms with van der Waals surface area (Å²) in [5.74, 6) is 0.396. The first-order valence-corrected chi connectivity index (χ1v) is 13.7.